The van der Waals surface area contributed by atoms with Crippen LogP contribution in [0.2, 0.25) is 0 Å². The first-order valence-corrected chi connectivity index (χ1v) is 6.40. The molecule has 1 N–H and O–H groups in total. The van der Waals surface area contributed by atoms with Gasteiger partial charge in [0.15, 0.2) is 0 Å². The molecule has 0 aliphatic carbocycles. The van der Waals surface area contributed by atoms with Crippen molar-refractivity contribution in [1.29, 1.82) is 0 Å². The van der Waals surface area contributed by atoms with E-state index >= 15 is 0 Å². The lowest BCUT2D eigenvalue weighted by Crippen LogP contribution is -2.26. The van der Waals surface area contributed by atoms with Crippen molar-refractivity contribution in [2.24, 2.45) is 0 Å². The summed E-state index contributed by atoms with van der Waals surface area (Å²) < 4.78 is 0. The van der Waals surface area contributed by atoms with Crippen LogP contribution in [0.4, 0.5) is 5.82 Å². The van der Waals surface area contributed by atoms with Crippen LogP contribution in [0.25, 0.3) is 0 Å². The molecule has 98 valence electrons. The van der Waals surface area contributed by atoms with Crippen LogP contribution >= 0.6 is 0 Å². The summed E-state index contributed by atoms with van der Waals surface area (Å²) in [5.74, 6) is 3.50. The smallest absolute Gasteiger partial charge is 0.147 e. The third kappa shape index (κ3) is 4.72. The first-order valence-electron chi connectivity index (χ1n) is 6.40. The predicted octanol–water partition coefficient (Wildman–Crippen LogP) is 1.82. The van der Waals surface area contributed by atoms with E-state index in [9.17, 15) is 0 Å². The Morgan fingerprint density at radius 2 is 2.17 bits per heavy atom. The second kappa shape index (κ2) is 7.67. The van der Waals surface area contributed by atoms with Gasteiger partial charge in [-0.15, -0.1) is 6.42 Å². The molecule has 0 saturated carbocycles. The molecular formula is C14H22N4. The molecule has 1 aromatic rings. The minimum Gasteiger partial charge on any atom is -0.344 e. The zero-order valence-corrected chi connectivity index (χ0v) is 11.5. The van der Waals surface area contributed by atoms with Crippen LogP contribution in [-0.4, -0.2) is 29.1 Å². The molecule has 0 spiro atoms. The molecule has 0 bridgehead atoms. The molecule has 1 heterocycles. The zero-order valence-electron chi connectivity index (χ0n) is 11.5. The fourth-order valence-corrected chi connectivity index (χ4v) is 1.57. The summed E-state index contributed by atoms with van der Waals surface area (Å²) in [7, 11) is 0. The molecule has 0 atom stereocenters. The maximum Gasteiger partial charge on any atom is 0.147 e. The minimum atomic E-state index is 0.449. The van der Waals surface area contributed by atoms with Crippen molar-refractivity contribution in [3.05, 3.63) is 18.1 Å². The molecule has 0 saturated heterocycles. The maximum absolute atomic E-state index is 5.36. The van der Waals surface area contributed by atoms with E-state index in [4.69, 9.17) is 6.42 Å². The van der Waals surface area contributed by atoms with E-state index in [1.54, 1.807) is 6.20 Å². The number of rotatable bonds is 7. The summed E-state index contributed by atoms with van der Waals surface area (Å²) in [6.07, 6.45) is 10.0. The maximum atomic E-state index is 5.36. The zero-order chi connectivity index (χ0) is 13.4. The van der Waals surface area contributed by atoms with Gasteiger partial charge < -0.3 is 10.2 Å². The van der Waals surface area contributed by atoms with Gasteiger partial charge in [-0.25, -0.2) is 4.98 Å². The molecular weight excluding hydrogens is 224 g/mol. The van der Waals surface area contributed by atoms with Crippen LogP contribution in [0, 0.1) is 12.3 Å². The van der Waals surface area contributed by atoms with E-state index in [1.807, 2.05) is 6.20 Å². The van der Waals surface area contributed by atoms with Crippen molar-refractivity contribution in [2.45, 2.75) is 39.8 Å². The molecule has 0 radical (unpaired) electrons. The summed E-state index contributed by atoms with van der Waals surface area (Å²) in [6.45, 7) is 8.57. The van der Waals surface area contributed by atoms with Crippen LogP contribution in [0.1, 0.15) is 32.9 Å². The third-order valence-corrected chi connectivity index (χ3v) is 2.48. The van der Waals surface area contributed by atoms with Gasteiger partial charge in [-0.05, 0) is 6.42 Å². The Bertz CT molecular complexity index is 378. The molecule has 0 fully saturated rings. The van der Waals surface area contributed by atoms with Crippen molar-refractivity contribution in [1.82, 2.24) is 15.3 Å². The predicted molar refractivity (Wildman–Crippen MR) is 75.3 cm³/mol. The fraction of sp³-hybridized carbons (Fsp3) is 0.571. The average molecular weight is 246 g/mol. The van der Waals surface area contributed by atoms with Gasteiger partial charge in [0.25, 0.3) is 0 Å². The lowest BCUT2D eigenvalue weighted by atomic mass is 10.3. The third-order valence-electron chi connectivity index (χ3n) is 2.48. The summed E-state index contributed by atoms with van der Waals surface area (Å²) in [4.78, 5) is 10.9. The number of nitrogens with zero attached hydrogens (tertiary/aromatic N) is 3. The Morgan fingerprint density at radius 3 is 2.67 bits per heavy atom. The highest BCUT2D eigenvalue weighted by molar-refractivity contribution is 5.37. The summed E-state index contributed by atoms with van der Waals surface area (Å²) in [5.41, 5.74) is 0.949. The lowest BCUT2D eigenvalue weighted by molar-refractivity contribution is 0.580. The minimum absolute atomic E-state index is 0.449. The Labute approximate surface area is 110 Å². The number of anilines is 1. The number of aromatic nitrogens is 2. The summed E-state index contributed by atoms with van der Waals surface area (Å²) in [6, 6.07) is 0.449. The molecule has 4 heteroatoms. The van der Waals surface area contributed by atoms with Gasteiger partial charge >= 0.3 is 0 Å². The van der Waals surface area contributed by atoms with Crippen LogP contribution in [0.5, 0.6) is 0 Å². The Hall–Kier alpha value is -1.60. The van der Waals surface area contributed by atoms with E-state index in [-0.39, 0.29) is 0 Å². The van der Waals surface area contributed by atoms with Gasteiger partial charge in [-0.2, -0.15) is 0 Å². The monoisotopic (exact) mass is 246 g/mol. The highest BCUT2D eigenvalue weighted by Crippen LogP contribution is 2.09. The van der Waals surface area contributed by atoms with Crippen molar-refractivity contribution in [2.75, 3.05) is 18.0 Å². The van der Waals surface area contributed by atoms with Crippen LogP contribution in [0.15, 0.2) is 12.4 Å². The highest BCUT2D eigenvalue weighted by atomic mass is 15.2. The quantitative estimate of drug-likeness (QED) is 0.745. The largest absolute Gasteiger partial charge is 0.344 e. The lowest BCUT2D eigenvalue weighted by Gasteiger charge is -2.20. The molecule has 1 rings (SSSR count). The van der Waals surface area contributed by atoms with Crippen LogP contribution < -0.4 is 10.2 Å². The number of nitrogens with one attached hydrogen (secondary N) is 1. The summed E-state index contributed by atoms with van der Waals surface area (Å²) in [5, 5.41) is 3.31. The summed E-state index contributed by atoms with van der Waals surface area (Å²) >= 11 is 0. The van der Waals surface area contributed by atoms with Crippen molar-refractivity contribution < 1.29 is 0 Å². The van der Waals surface area contributed by atoms with Gasteiger partial charge in [0.2, 0.25) is 0 Å². The Morgan fingerprint density at radius 1 is 1.39 bits per heavy atom. The molecule has 1 aromatic heterocycles. The van der Waals surface area contributed by atoms with Gasteiger partial charge in [0.1, 0.15) is 5.82 Å². The van der Waals surface area contributed by atoms with Gasteiger partial charge in [0.05, 0.1) is 24.6 Å². The van der Waals surface area contributed by atoms with Crippen molar-refractivity contribution in [3.63, 3.8) is 0 Å². The van der Waals surface area contributed by atoms with E-state index in [0.717, 1.165) is 31.0 Å². The first kappa shape index (κ1) is 14.5. The van der Waals surface area contributed by atoms with E-state index in [2.05, 4.69) is 46.9 Å². The van der Waals surface area contributed by atoms with Crippen LogP contribution in [-0.2, 0) is 6.54 Å². The van der Waals surface area contributed by atoms with E-state index in [0.29, 0.717) is 12.6 Å². The van der Waals surface area contributed by atoms with E-state index in [1.165, 1.54) is 0 Å². The molecule has 0 unspecified atom stereocenters. The molecule has 4 nitrogen and oxygen atoms in total. The topological polar surface area (TPSA) is 41.1 Å². The standard InChI is InChI=1S/C14H22N4/c1-5-7-18(8-6-2)14-11-16-13(10-17-14)9-15-12(3)4/h1,10-12,15H,6-9H2,2-4H3. The molecule has 18 heavy (non-hydrogen) atoms. The van der Waals surface area contributed by atoms with Crippen LogP contribution in [0.3, 0.4) is 0 Å². The Balaban J connectivity index is 2.65. The van der Waals surface area contributed by atoms with Gasteiger partial charge in [-0.1, -0.05) is 26.7 Å². The first-order chi connectivity index (χ1) is 8.67. The number of terminal acetylenes is 1. The van der Waals surface area contributed by atoms with Crippen molar-refractivity contribution >= 4 is 5.82 Å². The fourth-order valence-electron chi connectivity index (χ4n) is 1.57. The van der Waals surface area contributed by atoms with Crippen molar-refractivity contribution in [3.8, 4) is 12.3 Å². The SMILES string of the molecule is C#CCN(CCC)c1cnc(CNC(C)C)cn1. The van der Waals surface area contributed by atoms with Gasteiger partial charge in [0, 0.05) is 19.1 Å². The Kier molecular flexibility index (Phi) is 6.16. The second-order valence-electron chi connectivity index (χ2n) is 4.53. The number of hydrogen-bond donors (Lipinski definition) is 1. The van der Waals surface area contributed by atoms with E-state index < -0.39 is 0 Å². The highest BCUT2D eigenvalue weighted by Gasteiger charge is 2.06. The number of hydrogen-bond acceptors (Lipinski definition) is 4. The molecule has 0 aliphatic rings. The molecule has 0 amide bonds. The molecule has 0 aliphatic heterocycles. The molecule has 0 aromatic carbocycles. The van der Waals surface area contributed by atoms with Gasteiger partial charge in [-0.3, -0.25) is 4.98 Å². The average Bonchev–Trinajstić information content (AvgIpc) is 2.37. The normalized spacial score (nSPS) is 10.4. The second-order valence-corrected chi connectivity index (χ2v) is 4.53.